The predicted molar refractivity (Wildman–Crippen MR) is 135 cm³/mol. The van der Waals surface area contributed by atoms with E-state index in [9.17, 15) is 18.0 Å². The summed E-state index contributed by atoms with van der Waals surface area (Å²) >= 11 is 0. The number of aryl methyl sites for hydroxylation is 1. The van der Waals surface area contributed by atoms with Gasteiger partial charge in [0.05, 0.1) is 10.8 Å². The lowest BCUT2D eigenvalue weighted by Gasteiger charge is -2.32. The Morgan fingerprint density at radius 3 is 2.46 bits per heavy atom. The van der Waals surface area contributed by atoms with Crippen molar-refractivity contribution in [2.75, 3.05) is 17.8 Å². The second-order valence-electron chi connectivity index (χ2n) is 8.79. The number of amides is 2. The van der Waals surface area contributed by atoms with Crippen LogP contribution < -0.4 is 10.0 Å². The average Bonchev–Trinajstić information content (AvgIpc) is 2.87. The van der Waals surface area contributed by atoms with Crippen molar-refractivity contribution in [2.45, 2.75) is 31.2 Å². The number of benzene rings is 3. The highest BCUT2D eigenvalue weighted by atomic mass is 32.2. The molecule has 3 aromatic carbocycles. The van der Waals surface area contributed by atoms with Gasteiger partial charge in [0, 0.05) is 30.9 Å². The predicted octanol–water partition coefficient (Wildman–Crippen LogP) is 3.96. The lowest BCUT2D eigenvalue weighted by molar-refractivity contribution is -0.126. The Morgan fingerprint density at radius 2 is 1.71 bits per heavy atom. The van der Waals surface area contributed by atoms with E-state index >= 15 is 0 Å². The van der Waals surface area contributed by atoms with Gasteiger partial charge in [0.1, 0.15) is 0 Å². The van der Waals surface area contributed by atoms with Gasteiger partial charge in [-0.15, -0.1) is 0 Å². The van der Waals surface area contributed by atoms with Crippen LogP contribution in [0.3, 0.4) is 0 Å². The SMILES string of the molecule is Cc1ccc(S(=O)(=O)Nc2cccc(C(=O)N3CCC[C@@H](C(=O)NCc4ccccc4)C3)c2)cc1. The highest BCUT2D eigenvalue weighted by Gasteiger charge is 2.29. The number of nitrogens with zero attached hydrogens (tertiary/aromatic N) is 1. The van der Waals surface area contributed by atoms with Gasteiger partial charge in [-0.3, -0.25) is 14.3 Å². The molecule has 2 N–H and O–H groups in total. The summed E-state index contributed by atoms with van der Waals surface area (Å²) in [5.41, 5.74) is 2.67. The minimum Gasteiger partial charge on any atom is -0.352 e. The molecule has 1 aliphatic rings. The molecule has 0 saturated carbocycles. The summed E-state index contributed by atoms with van der Waals surface area (Å²) in [7, 11) is -3.77. The molecular weight excluding hydrogens is 462 g/mol. The molecule has 0 bridgehead atoms. The lowest BCUT2D eigenvalue weighted by atomic mass is 9.96. The zero-order valence-electron chi connectivity index (χ0n) is 19.6. The van der Waals surface area contributed by atoms with Crippen LogP contribution in [0.5, 0.6) is 0 Å². The van der Waals surface area contributed by atoms with Crippen LogP contribution in [0.15, 0.2) is 83.8 Å². The van der Waals surface area contributed by atoms with E-state index in [2.05, 4.69) is 10.0 Å². The molecule has 0 aromatic heterocycles. The fourth-order valence-electron chi connectivity index (χ4n) is 4.13. The summed E-state index contributed by atoms with van der Waals surface area (Å²) in [4.78, 5) is 27.7. The van der Waals surface area contributed by atoms with Crippen LogP contribution in [-0.4, -0.2) is 38.2 Å². The first-order valence-corrected chi connectivity index (χ1v) is 13.1. The summed E-state index contributed by atoms with van der Waals surface area (Å²) < 4.78 is 28.0. The summed E-state index contributed by atoms with van der Waals surface area (Å²) in [6.07, 6.45) is 1.45. The van der Waals surface area contributed by atoms with Crippen molar-refractivity contribution in [3.63, 3.8) is 0 Å². The molecule has 3 aromatic rings. The van der Waals surface area contributed by atoms with Crippen LogP contribution >= 0.6 is 0 Å². The third-order valence-electron chi connectivity index (χ3n) is 6.08. The van der Waals surface area contributed by atoms with E-state index in [-0.39, 0.29) is 22.6 Å². The maximum atomic E-state index is 13.2. The molecule has 0 aliphatic carbocycles. The Balaban J connectivity index is 1.40. The quantitative estimate of drug-likeness (QED) is 0.523. The first kappa shape index (κ1) is 24.5. The van der Waals surface area contributed by atoms with Crippen molar-refractivity contribution in [3.05, 3.63) is 95.6 Å². The Kier molecular flexibility index (Phi) is 7.51. The third-order valence-corrected chi connectivity index (χ3v) is 7.48. The van der Waals surface area contributed by atoms with Gasteiger partial charge in [0.15, 0.2) is 0 Å². The van der Waals surface area contributed by atoms with Crippen molar-refractivity contribution >= 4 is 27.5 Å². The molecule has 0 spiro atoms. The molecular formula is C27H29N3O4S. The Hall–Kier alpha value is -3.65. The standard InChI is InChI=1S/C27H29N3O4S/c1-20-12-14-25(15-13-20)35(33,34)29-24-11-5-9-22(17-24)27(32)30-16-6-10-23(19-30)26(31)28-18-21-7-3-2-4-8-21/h2-5,7-9,11-15,17,23,29H,6,10,16,18-19H2,1H3,(H,28,31)/t23-/m1/s1. The number of likely N-dealkylation sites (tertiary alicyclic amines) is 1. The summed E-state index contributed by atoms with van der Waals surface area (Å²) in [5, 5.41) is 2.97. The van der Waals surface area contributed by atoms with Gasteiger partial charge in [-0.2, -0.15) is 0 Å². The topological polar surface area (TPSA) is 95.6 Å². The van der Waals surface area contributed by atoms with E-state index in [4.69, 9.17) is 0 Å². The van der Waals surface area contributed by atoms with Crippen molar-refractivity contribution in [1.82, 2.24) is 10.2 Å². The zero-order chi connectivity index (χ0) is 24.8. The molecule has 2 amide bonds. The number of sulfonamides is 1. The molecule has 1 saturated heterocycles. The van der Waals surface area contributed by atoms with Crippen LogP contribution in [0.1, 0.15) is 34.3 Å². The summed E-state index contributed by atoms with van der Waals surface area (Å²) in [5.74, 6) is -0.562. The van der Waals surface area contributed by atoms with Crippen LogP contribution in [0.2, 0.25) is 0 Å². The first-order chi connectivity index (χ1) is 16.8. The molecule has 8 heteroatoms. The second-order valence-corrected chi connectivity index (χ2v) is 10.5. The van der Waals surface area contributed by atoms with Gasteiger partial charge in [0.25, 0.3) is 15.9 Å². The van der Waals surface area contributed by atoms with Crippen LogP contribution in [0.4, 0.5) is 5.69 Å². The fourth-order valence-corrected chi connectivity index (χ4v) is 5.18. The van der Waals surface area contributed by atoms with E-state index in [1.165, 1.54) is 6.07 Å². The first-order valence-electron chi connectivity index (χ1n) is 11.6. The molecule has 4 rings (SSSR count). The van der Waals surface area contributed by atoms with Gasteiger partial charge < -0.3 is 10.2 Å². The number of anilines is 1. The monoisotopic (exact) mass is 491 g/mol. The molecule has 1 atom stereocenters. The lowest BCUT2D eigenvalue weighted by Crippen LogP contribution is -2.45. The maximum Gasteiger partial charge on any atom is 0.261 e. The summed E-state index contributed by atoms with van der Waals surface area (Å²) in [6.45, 7) is 3.23. The van der Waals surface area contributed by atoms with Crippen LogP contribution in [0, 0.1) is 12.8 Å². The van der Waals surface area contributed by atoms with Crippen molar-refractivity contribution in [3.8, 4) is 0 Å². The molecule has 1 heterocycles. The number of carbonyl (C=O) groups is 2. The van der Waals surface area contributed by atoms with Gasteiger partial charge in [-0.1, -0.05) is 54.1 Å². The smallest absolute Gasteiger partial charge is 0.261 e. The van der Waals surface area contributed by atoms with E-state index in [1.807, 2.05) is 37.3 Å². The maximum absolute atomic E-state index is 13.2. The molecule has 0 radical (unpaired) electrons. The van der Waals surface area contributed by atoms with Crippen LogP contribution in [-0.2, 0) is 21.4 Å². The van der Waals surface area contributed by atoms with Crippen molar-refractivity contribution < 1.29 is 18.0 Å². The minimum atomic E-state index is -3.77. The Bertz CT molecular complexity index is 1290. The number of carbonyl (C=O) groups excluding carboxylic acids is 2. The number of piperidine rings is 1. The second kappa shape index (κ2) is 10.7. The third kappa shape index (κ3) is 6.27. The van der Waals surface area contributed by atoms with E-state index in [0.29, 0.717) is 30.9 Å². The van der Waals surface area contributed by atoms with Gasteiger partial charge >= 0.3 is 0 Å². The average molecular weight is 492 g/mol. The van der Waals surface area contributed by atoms with Crippen molar-refractivity contribution in [2.24, 2.45) is 5.92 Å². The van der Waals surface area contributed by atoms with E-state index in [1.54, 1.807) is 47.4 Å². The molecule has 0 unspecified atom stereocenters. The van der Waals surface area contributed by atoms with Crippen LogP contribution in [0.25, 0.3) is 0 Å². The summed E-state index contributed by atoms with van der Waals surface area (Å²) in [6, 6.07) is 22.7. The molecule has 1 aliphatic heterocycles. The van der Waals surface area contributed by atoms with E-state index < -0.39 is 10.0 Å². The highest BCUT2D eigenvalue weighted by molar-refractivity contribution is 7.92. The normalized spacial score (nSPS) is 15.9. The number of nitrogens with one attached hydrogen (secondary N) is 2. The minimum absolute atomic E-state index is 0.0639. The zero-order valence-corrected chi connectivity index (χ0v) is 20.4. The van der Waals surface area contributed by atoms with E-state index in [0.717, 1.165) is 24.0 Å². The molecule has 35 heavy (non-hydrogen) atoms. The molecule has 1 fully saturated rings. The highest BCUT2D eigenvalue weighted by Crippen LogP contribution is 2.22. The van der Waals surface area contributed by atoms with Gasteiger partial charge in [-0.25, -0.2) is 8.42 Å². The Morgan fingerprint density at radius 1 is 0.971 bits per heavy atom. The molecule has 7 nitrogen and oxygen atoms in total. The Labute approximate surface area is 206 Å². The van der Waals surface area contributed by atoms with Gasteiger partial charge in [0.2, 0.25) is 5.91 Å². The fraction of sp³-hybridized carbons (Fsp3) is 0.259. The van der Waals surface area contributed by atoms with Gasteiger partial charge in [-0.05, 0) is 55.7 Å². The van der Waals surface area contributed by atoms with Crippen molar-refractivity contribution in [1.29, 1.82) is 0 Å². The number of hydrogen-bond acceptors (Lipinski definition) is 4. The number of rotatable bonds is 7. The largest absolute Gasteiger partial charge is 0.352 e. The number of hydrogen-bond donors (Lipinski definition) is 2. The molecule has 182 valence electrons.